The Labute approximate surface area is 200 Å². The van der Waals surface area contributed by atoms with E-state index in [0.717, 1.165) is 16.5 Å². The van der Waals surface area contributed by atoms with Crippen LogP contribution in [0.5, 0.6) is 0 Å². The second kappa shape index (κ2) is 12.6. The van der Waals surface area contributed by atoms with Gasteiger partial charge in [-0.1, -0.05) is 18.2 Å². The van der Waals surface area contributed by atoms with Crippen molar-refractivity contribution < 1.29 is 34.2 Å². The van der Waals surface area contributed by atoms with Crippen molar-refractivity contribution in [1.82, 2.24) is 20.9 Å². The van der Waals surface area contributed by atoms with E-state index in [1.165, 1.54) is 0 Å². The van der Waals surface area contributed by atoms with Crippen LogP contribution in [0.25, 0.3) is 10.9 Å². The quantitative estimate of drug-likeness (QED) is 0.162. The summed E-state index contributed by atoms with van der Waals surface area (Å²) >= 11 is 4.05. The summed E-state index contributed by atoms with van der Waals surface area (Å²) in [5.41, 5.74) is 6.96. The number of carbonyl (C=O) groups excluding carboxylic acids is 3. The Morgan fingerprint density at radius 3 is 2.24 bits per heavy atom. The van der Waals surface area contributed by atoms with E-state index in [2.05, 4.69) is 33.6 Å². The van der Waals surface area contributed by atoms with Crippen LogP contribution < -0.4 is 21.7 Å². The number of aromatic amines is 1. The van der Waals surface area contributed by atoms with Crippen LogP contribution in [0.1, 0.15) is 18.4 Å². The first-order chi connectivity index (χ1) is 16.2. The number of nitrogens with one attached hydrogen (secondary N) is 4. The number of aromatic nitrogens is 1. The molecule has 0 saturated heterocycles. The highest BCUT2D eigenvalue weighted by Crippen LogP contribution is 2.19. The van der Waals surface area contributed by atoms with Crippen molar-refractivity contribution in [3.05, 3.63) is 36.0 Å². The van der Waals surface area contributed by atoms with Gasteiger partial charge < -0.3 is 36.9 Å². The lowest BCUT2D eigenvalue weighted by Gasteiger charge is -2.23. The summed E-state index contributed by atoms with van der Waals surface area (Å²) in [7, 11) is 0. The smallest absolute Gasteiger partial charge is 0.326 e. The molecule has 3 amide bonds. The Bertz CT molecular complexity index is 1060. The summed E-state index contributed by atoms with van der Waals surface area (Å²) in [6.45, 7) is -0.349. The van der Waals surface area contributed by atoms with Crippen molar-refractivity contribution in [1.29, 1.82) is 0 Å². The van der Waals surface area contributed by atoms with Gasteiger partial charge in [0.25, 0.3) is 0 Å². The molecule has 0 fully saturated rings. The number of fused-ring (bicyclic) bond motifs is 1. The molecule has 184 valence electrons. The highest BCUT2D eigenvalue weighted by molar-refractivity contribution is 7.80. The van der Waals surface area contributed by atoms with Gasteiger partial charge in [0.15, 0.2) is 0 Å². The zero-order valence-corrected chi connectivity index (χ0v) is 19.0. The van der Waals surface area contributed by atoms with Crippen LogP contribution in [-0.2, 0) is 30.4 Å². The molecule has 8 N–H and O–H groups in total. The van der Waals surface area contributed by atoms with E-state index < -0.39 is 54.2 Å². The van der Waals surface area contributed by atoms with E-state index in [9.17, 15) is 29.1 Å². The predicted octanol–water partition coefficient (Wildman–Crippen LogP) is -0.997. The number of H-pyrrole nitrogens is 1. The van der Waals surface area contributed by atoms with Gasteiger partial charge in [0, 0.05) is 35.7 Å². The molecule has 1 heterocycles. The van der Waals surface area contributed by atoms with Gasteiger partial charge in [-0.25, -0.2) is 4.79 Å². The summed E-state index contributed by atoms with van der Waals surface area (Å²) in [5, 5.41) is 26.0. The molecule has 13 heteroatoms. The molecule has 3 atom stereocenters. The maximum Gasteiger partial charge on any atom is 0.326 e. The lowest BCUT2D eigenvalue weighted by molar-refractivity contribution is -0.143. The second-order valence-electron chi connectivity index (χ2n) is 7.46. The standard InChI is InChI=1S/C21H27N5O7S/c22-8-17(27)24-15(7-11-9-23-13-4-2-1-3-12(11)13)19(30)26-16(10-34)20(31)25-14(21(32)33)5-6-18(28)29/h1-4,9,14-16,23,34H,5-8,10,22H2,(H,24,27)(H,25,31)(H,26,30)(H,28,29)(H,32,33). The monoisotopic (exact) mass is 493 g/mol. The number of nitrogens with two attached hydrogens (primary N) is 1. The molecule has 2 rings (SSSR count). The van der Waals surface area contributed by atoms with E-state index in [-0.39, 0.29) is 25.1 Å². The number of rotatable bonds is 13. The molecule has 0 spiro atoms. The molecule has 0 radical (unpaired) electrons. The first-order valence-corrected chi connectivity index (χ1v) is 11.0. The Morgan fingerprint density at radius 2 is 1.62 bits per heavy atom. The largest absolute Gasteiger partial charge is 0.481 e. The lowest BCUT2D eigenvalue weighted by atomic mass is 10.0. The van der Waals surface area contributed by atoms with Crippen molar-refractivity contribution in [2.75, 3.05) is 12.3 Å². The van der Waals surface area contributed by atoms with Crippen LogP contribution in [0.2, 0.25) is 0 Å². The van der Waals surface area contributed by atoms with Crippen molar-refractivity contribution in [2.45, 2.75) is 37.4 Å². The van der Waals surface area contributed by atoms with E-state index in [4.69, 9.17) is 10.8 Å². The molecular weight excluding hydrogens is 466 g/mol. The minimum absolute atomic E-state index is 0.0961. The number of para-hydroxylation sites is 1. The molecule has 1 aromatic heterocycles. The van der Waals surface area contributed by atoms with Gasteiger partial charge in [0.2, 0.25) is 17.7 Å². The number of benzene rings is 1. The predicted molar refractivity (Wildman–Crippen MR) is 125 cm³/mol. The van der Waals surface area contributed by atoms with Gasteiger partial charge in [-0.05, 0) is 18.1 Å². The van der Waals surface area contributed by atoms with Gasteiger partial charge in [-0.3, -0.25) is 19.2 Å². The van der Waals surface area contributed by atoms with Crippen LogP contribution >= 0.6 is 12.6 Å². The van der Waals surface area contributed by atoms with Gasteiger partial charge in [-0.15, -0.1) is 0 Å². The zero-order chi connectivity index (χ0) is 25.3. The van der Waals surface area contributed by atoms with Gasteiger partial charge in [0.1, 0.15) is 18.1 Å². The molecule has 2 aromatic rings. The van der Waals surface area contributed by atoms with Crippen molar-refractivity contribution >= 4 is 53.2 Å². The molecule has 34 heavy (non-hydrogen) atoms. The van der Waals surface area contributed by atoms with Crippen LogP contribution in [0.15, 0.2) is 30.5 Å². The molecule has 0 aliphatic heterocycles. The average molecular weight is 494 g/mol. The summed E-state index contributed by atoms with van der Waals surface area (Å²) in [6, 6.07) is 3.62. The molecular formula is C21H27N5O7S. The third kappa shape index (κ3) is 7.49. The minimum Gasteiger partial charge on any atom is -0.481 e. The molecule has 0 aliphatic rings. The number of carboxylic acid groups (broad SMARTS) is 2. The summed E-state index contributed by atoms with van der Waals surface area (Å²) in [4.78, 5) is 62.6. The van der Waals surface area contributed by atoms with E-state index in [1.54, 1.807) is 6.20 Å². The highest BCUT2D eigenvalue weighted by atomic mass is 32.1. The topological polar surface area (TPSA) is 204 Å². The molecule has 1 aromatic carbocycles. The van der Waals surface area contributed by atoms with Crippen LogP contribution in [0.3, 0.4) is 0 Å². The van der Waals surface area contributed by atoms with Crippen molar-refractivity contribution in [3.8, 4) is 0 Å². The van der Waals surface area contributed by atoms with Gasteiger partial charge >= 0.3 is 11.9 Å². The first-order valence-electron chi connectivity index (χ1n) is 10.4. The fourth-order valence-electron chi connectivity index (χ4n) is 3.25. The number of carbonyl (C=O) groups is 5. The summed E-state index contributed by atoms with van der Waals surface area (Å²) in [6.07, 6.45) is 1.01. The number of carboxylic acids is 2. The number of aliphatic carboxylic acids is 2. The van der Waals surface area contributed by atoms with E-state index in [0.29, 0.717) is 0 Å². The number of hydrogen-bond donors (Lipinski definition) is 8. The fourth-order valence-corrected chi connectivity index (χ4v) is 3.50. The Balaban J connectivity index is 2.14. The Hall–Kier alpha value is -3.58. The fraction of sp³-hybridized carbons (Fsp3) is 0.381. The number of amides is 3. The van der Waals surface area contributed by atoms with Gasteiger partial charge in [-0.2, -0.15) is 12.6 Å². The number of thiol groups is 1. The SMILES string of the molecule is NCC(=O)NC(Cc1c[nH]c2ccccc12)C(=O)NC(CS)C(=O)NC(CCC(=O)O)C(=O)O. The molecule has 3 unspecified atom stereocenters. The van der Waals surface area contributed by atoms with Crippen LogP contribution in [0, 0.1) is 0 Å². The van der Waals surface area contributed by atoms with Crippen molar-refractivity contribution in [2.24, 2.45) is 5.73 Å². The van der Waals surface area contributed by atoms with E-state index in [1.807, 2.05) is 24.3 Å². The van der Waals surface area contributed by atoms with Gasteiger partial charge in [0.05, 0.1) is 6.54 Å². The molecule has 0 aliphatic carbocycles. The maximum absolute atomic E-state index is 13.0. The Kier molecular flexibility index (Phi) is 9.89. The maximum atomic E-state index is 13.0. The highest BCUT2D eigenvalue weighted by Gasteiger charge is 2.29. The molecule has 12 nitrogen and oxygen atoms in total. The third-order valence-electron chi connectivity index (χ3n) is 5.01. The normalized spacial score (nSPS) is 13.5. The van der Waals surface area contributed by atoms with Crippen LogP contribution in [-0.4, -0.2) is 75.3 Å². The minimum atomic E-state index is -1.46. The van der Waals surface area contributed by atoms with Crippen LogP contribution in [0.4, 0.5) is 0 Å². The third-order valence-corrected chi connectivity index (χ3v) is 5.38. The number of hydrogen-bond acceptors (Lipinski definition) is 7. The van der Waals surface area contributed by atoms with E-state index >= 15 is 0 Å². The lowest BCUT2D eigenvalue weighted by Crippen LogP contribution is -2.57. The summed E-state index contributed by atoms with van der Waals surface area (Å²) < 4.78 is 0. The summed E-state index contributed by atoms with van der Waals surface area (Å²) in [5.74, 6) is -4.92. The molecule has 0 bridgehead atoms. The Morgan fingerprint density at radius 1 is 0.971 bits per heavy atom. The second-order valence-corrected chi connectivity index (χ2v) is 7.83. The average Bonchev–Trinajstić information content (AvgIpc) is 3.21. The molecule has 0 saturated carbocycles. The first kappa shape index (κ1) is 26.7. The zero-order valence-electron chi connectivity index (χ0n) is 18.1. The van der Waals surface area contributed by atoms with Crippen molar-refractivity contribution in [3.63, 3.8) is 0 Å².